The highest BCUT2D eigenvalue weighted by Crippen LogP contribution is 2.41. The van der Waals surface area contributed by atoms with Crippen LogP contribution in [0.25, 0.3) is 17.0 Å². The van der Waals surface area contributed by atoms with Crippen LogP contribution in [-0.2, 0) is 10.2 Å². The maximum Gasteiger partial charge on any atom is 0.362 e. The SMILES string of the molecule is CCN(CCCCCC(=O)O)c1ccc2cc3c([o+]c2c1)C=C(Nc1ccc(N)cc1)CC3(C)C. The Hall–Kier alpha value is -3.54. The van der Waals surface area contributed by atoms with Gasteiger partial charge in [-0.3, -0.25) is 4.79 Å². The normalized spacial score (nSPS) is 14.3. The number of nitrogens with two attached hydrogens (primary N) is 1. The summed E-state index contributed by atoms with van der Waals surface area (Å²) < 4.78 is 6.48. The molecule has 6 nitrogen and oxygen atoms in total. The second kappa shape index (κ2) is 10.4. The minimum Gasteiger partial charge on any atom is -0.481 e. The van der Waals surface area contributed by atoms with Crippen LogP contribution in [0.2, 0.25) is 0 Å². The number of unbranched alkanes of at least 4 members (excludes halogenated alkanes) is 2. The number of nitrogens with zero attached hydrogens (tertiary/aromatic N) is 1. The van der Waals surface area contributed by atoms with Crippen LogP contribution in [0.3, 0.4) is 0 Å². The Morgan fingerprint density at radius 3 is 2.60 bits per heavy atom. The maximum absolute atomic E-state index is 10.7. The van der Waals surface area contributed by atoms with Crippen molar-refractivity contribution < 1.29 is 14.3 Å². The van der Waals surface area contributed by atoms with Crippen molar-refractivity contribution in [2.24, 2.45) is 0 Å². The number of carboxylic acid groups (broad SMARTS) is 1. The van der Waals surface area contributed by atoms with Gasteiger partial charge in [-0.15, -0.1) is 0 Å². The van der Waals surface area contributed by atoms with Gasteiger partial charge in [-0.2, -0.15) is 0 Å². The summed E-state index contributed by atoms with van der Waals surface area (Å²) in [7, 11) is 0. The fourth-order valence-electron chi connectivity index (χ4n) is 4.80. The first-order valence-electron chi connectivity index (χ1n) is 12.5. The minimum atomic E-state index is -0.721. The molecule has 3 aromatic rings. The van der Waals surface area contributed by atoms with E-state index in [9.17, 15) is 4.79 Å². The number of fused-ring (bicyclic) bond motifs is 2. The van der Waals surface area contributed by atoms with Crippen LogP contribution in [0.5, 0.6) is 0 Å². The number of nitrogens with one attached hydrogen (secondary N) is 1. The van der Waals surface area contributed by atoms with Gasteiger partial charge in [0.25, 0.3) is 0 Å². The van der Waals surface area contributed by atoms with Gasteiger partial charge in [0.15, 0.2) is 0 Å². The molecule has 0 spiro atoms. The zero-order valence-corrected chi connectivity index (χ0v) is 20.9. The average molecular weight is 475 g/mol. The Labute approximate surface area is 207 Å². The summed E-state index contributed by atoms with van der Waals surface area (Å²) in [5.41, 5.74) is 11.8. The van der Waals surface area contributed by atoms with Gasteiger partial charge >= 0.3 is 17.3 Å². The van der Waals surface area contributed by atoms with Gasteiger partial charge in [-0.05, 0) is 68.7 Å². The van der Waals surface area contributed by atoms with Gasteiger partial charge in [0.05, 0.1) is 23.1 Å². The first-order chi connectivity index (χ1) is 16.7. The highest BCUT2D eigenvalue weighted by molar-refractivity contribution is 5.83. The van der Waals surface area contributed by atoms with Crippen molar-refractivity contribution in [2.75, 3.05) is 29.0 Å². The van der Waals surface area contributed by atoms with Gasteiger partial charge in [0.1, 0.15) is 0 Å². The summed E-state index contributed by atoms with van der Waals surface area (Å²) in [6.07, 6.45) is 5.85. The number of carboxylic acids is 1. The molecule has 0 aliphatic heterocycles. The van der Waals surface area contributed by atoms with Crippen molar-refractivity contribution in [3.63, 3.8) is 0 Å². The summed E-state index contributed by atoms with van der Waals surface area (Å²) in [6.45, 7) is 8.43. The molecule has 1 aliphatic carbocycles. The molecule has 0 radical (unpaired) electrons. The molecule has 35 heavy (non-hydrogen) atoms. The maximum atomic E-state index is 10.7. The molecule has 1 aromatic heterocycles. The molecular formula is C29H36N3O3+. The summed E-state index contributed by atoms with van der Waals surface area (Å²) in [5.74, 6) is 0.168. The second-order valence-electron chi connectivity index (χ2n) is 10.0. The number of aliphatic carboxylic acids is 1. The molecule has 0 amide bonds. The number of hydrogen-bond acceptors (Lipinski definition) is 4. The Kier molecular flexibility index (Phi) is 7.29. The van der Waals surface area contributed by atoms with Crippen LogP contribution >= 0.6 is 0 Å². The lowest BCUT2D eigenvalue weighted by Gasteiger charge is -2.29. The van der Waals surface area contributed by atoms with Crippen molar-refractivity contribution in [3.8, 4) is 0 Å². The first kappa shape index (κ1) is 24.6. The smallest absolute Gasteiger partial charge is 0.362 e. The summed E-state index contributed by atoms with van der Waals surface area (Å²) in [6, 6.07) is 16.5. The summed E-state index contributed by atoms with van der Waals surface area (Å²) >= 11 is 0. The molecule has 184 valence electrons. The van der Waals surface area contributed by atoms with Gasteiger partial charge in [-0.25, -0.2) is 4.42 Å². The molecule has 6 heteroatoms. The molecule has 0 saturated heterocycles. The first-order valence-corrected chi connectivity index (χ1v) is 12.5. The van der Waals surface area contributed by atoms with E-state index in [1.54, 1.807) is 0 Å². The second-order valence-corrected chi connectivity index (χ2v) is 10.0. The third kappa shape index (κ3) is 5.94. The molecule has 1 heterocycles. The molecule has 0 saturated carbocycles. The zero-order valence-electron chi connectivity index (χ0n) is 20.9. The summed E-state index contributed by atoms with van der Waals surface area (Å²) in [5, 5.41) is 13.5. The molecule has 4 rings (SSSR count). The number of allylic oxidation sites excluding steroid dienone is 1. The van der Waals surface area contributed by atoms with E-state index >= 15 is 0 Å². The van der Waals surface area contributed by atoms with Crippen molar-refractivity contribution in [2.45, 2.75) is 58.3 Å². The summed E-state index contributed by atoms with van der Waals surface area (Å²) in [4.78, 5) is 13.1. The van der Waals surface area contributed by atoms with Crippen LogP contribution in [0, 0.1) is 0 Å². The topological polar surface area (TPSA) is 89.9 Å². The van der Waals surface area contributed by atoms with Gasteiger partial charge < -0.3 is 21.1 Å². The minimum absolute atomic E-state index is 0.0675. The van der Waals surface area contributed by atoms with Crippen molar-refractivity contribution in [1.29, 1.82) is 0 Å². The predicted molar refractivity (Wildman–Crippen MR) is 145 cm³/mol. The molecule has 0 atom stereocenters. The van der Waals surface area contributed by atoms with E-state index in [1.807, 2.05) is 24.3 Å². The third-order valence-electron chi connectivity index (χ3n) is 6.73. The van der Waals surface area contributed by atoms with E-state index in [-0.39, 0.29) is 11.8 Å². The number of rotatable bonds is 10. The van der Waals surface area contributed by atoms with Crippen LogP contribution in [0.1, 0.15) is 64.2 Å². The number of hydrogen-bond donors (Lipinski definition) is 3. The molecule has 0 bridgehead atoms. The predicted octanol–water partition coefficient (Wildman–Crippen LogP) is 6.90. The van der Waals surface area contributed by atoms with E-state index in [2.05, 4.69) is 61.3 Å². The van der Waals surface area contributed by atoms with Gasteiger partial charge in [0, 0.05) is 47.7 Å². The number of anilines is 3. The van der Waals surface area contributed by atoms with E-state index in [0.29, 0.717) is 0 Å². The Bertz CT molecular complexity index is 1230. The van der Waals surface area contributed by atoms with E-state index < -0.39 is 5.97 Å². The van der Waals surface area contributed by atoms with E-state index in [0.717, 1.165) is 78.3 Å². The van der Waals surface area contributed by atoms with Crippen molar-refractivity contribution in [1.82, 2.24) is 0 Å². The van der Waals surface area contributed by atoms with Crippen LogP contribution in [0.4, 0.5) is 17.1 Å². The van der Waals surface area contributed by atoms with E-state index in [1.165, 1.54) is 5.56 Å². The molecule has 0 unspecified atom stereocenters. The monoisotopic (exact) mass is 474 g/mol. The van der Waals surface area contributed by atoms with Crippen LogP contribution < -0.4 is 16.0 Å². The standard InChI is InChI=1S/C29H35N3O3/c1-4-32(15-7-5-6-8-28(33)34)24-14-9-20-16-25-27(35-26(20)18-24)17-23(19-29(25,2)3)31-22-12-10-21(30)11-13-22/h9-14,16-18,31H,4-8,15,19,30H2,1-3H3/p+1. The van der Waals surface area contributed by atoms with Gasteiger partial charge in [-0.1, -0.05) is 20.3 Å². The van der Waals surface area contributed by atoms with Crippen molar-refractivity contribution in [3.05, 3.63) is 65.6 Å². The van der Waals surface area contributed by atoms with Crippen molar-refractivity contribution >= 4 is 40.1 Å². The number of nitrogen functional groups attached to an aromatic ring is 1. The lowest BCUT2D eigenvalue weighted by molar-refractivity contribution is -0.137. The third-order valence-corrected chi connectivity index (χ3v) is 6.73. The molecule has 1 aliphatic rings. The van der Waals surface area contributed by atoms with E-state index in [4.69, 9.17) is 15.3 Å². The van der Waals surface area contributed by atoms with Crippen LogP contribution in [0.15, 0.2) is 58.6 Å². The Morgan fingerprint density at radius 1 is 1.11 bits per heavy atom. The largest absolute Gasteiger partial charge is 0.481 e. The number of benzene rings is 2. The number of carbonyl (C=O) groups is 1. The Morgan fingerprint density at radius 2 is 1.89 bits per heavy atom. The van der Waals surface area contributed by atoms with Gasteiger partial charge in [0.2, 0.25) is 0 Å². The molecule has 0 fully saturated rings. The quantitative estimate of drug-likeness (QED) is 0.168. The zero-order chi connectivity index (χ0) is 25.0. The molecular weight excluding hydrogens is 438 g/mol. The highest BCUT2D eigenvalue weighted by atomic mass is 16.4. The molecule has 2 aromatic carbocycles. The van der Waals surface area contributed by atoms with Crippen LogP contribution in [-0.4, -0.2) is 24.2 Å². The fraction of sp³-hybridized carbons (Fsp3) is 0.379. The highest BCUT2D eigenvalue weighted by Gasteiger charge is 2.36. The average Bonchev–Trinajstić information content (AvgIpc) is 2.81. The molecule has 4 N–H and O–H groups in total. The lowest BCUT2D eigenvalue weighted by atomic mass is 9.76. The lowest BCUT2D eigenvalue weighted by Crippen LogP contribution is -2.25. The Balaban J connectivity index is 1.57. The fourth-order valence-corrected chi connectivity index (χ4v) is 4.80.